The Bertz CT molecular complexity index is 445. The molecule has 0 bridgehead atoms. The number of benzene rings is 1. The number of hydrogen-bond acceptors (Lipinski definition) is 3. The topological polar surface area (TPSA) is 75.6 Å². The van der Waals surface area contributed by atoms with Gasteiger partial charge in [-0.1, -0.05) is 18.2 Å². The third-order valence-electron chi connectivity index (χ3n) is 2.86. The fraction of sp³-hybridized carbons (Fsp3) is 0.467. The van der Waals surface area contributed by atoms with Crippen LogP contribution in [0.5, 0.6) is 0 Å². The molecule has 0 atom stereocenters. The van der Waals surface area contributed by atoms with Gasteiger partial charge < -0.3 is 15.2 Å². The first-order valence-corrected chi connectivity index (χ1v) is 6.80. The van der Waals surface area contributed by atoms with Crippen molar-refractivity contribution in [2.75, 3.05) is 19.8 Å². The summed E-state index contributed by atoms with van der Waals surface area (Å²) in [6, 6.07) is 6.76. The van der Waals surface area contributed by atoms with Crippen LogP contribution in [0.1, 0.15) is 35.7 Å². The molecule has 0 saturated carbocycles. The van der Waals surface area contributed by atoms with Gasteiger partial charge in [-0.25, -0.2) is 4.79 Å². The summed E-state index contributed by atoms with van der Waals surface area (Å²) in [7, 11) is 0. The number of hydrogen-bond donors (Lipinski definition) is 2. The van der Waals surface area contributed by atoms with Gasteiger partial charge in [-0.3, -0.25) is 4.79 Å². The smallest absolute Gasteiger partial charge is 0.335 e. The summed E-state index contributed by atoms with van der Waals surface area (Å²) in [5.41, 5.74) is 0.945. The molecule has 1 amide bonds. The number of amides is 1. The van der Waals surface area contributed by atoms with Crippen LogP contribution >= 0.6 is 0 Å². The van der Waals surface area contributed by atoms with Crippen molar-refractivity contribution in [3.63, 3.8) is 0 Å². The van der Waals surface area contributed by atoms with Crippen molar-refractivity contribution in [3.8, 4) is 0 Å². The van der Waals surface area contributed by atoms with Crippen LogP contribution in [-0.4, -0.2) is 36.7 Å². The van der Waals surface area contributed by atoms with E-state index in [-0.39, 0.29) is 11.5 Å². The number of carbonyl (C=O) groups is 2. The first kappa shape index (κ1) is 16.2. The van der Waals surface area contributed by atoms with Crippen LogP contribution in [0.2, 0.25) is 0 Å². The summed E-state index contributed by atoms with van der Waals surface area (Å²) in [4.78, 5) is 22.7. The third kappa shape index (κ3) is 5.84. The molecule has 0 aliphatic rings. The van der Waals surface area contributed by atoms with Crippen molar-refractivity contribution >= 4 is 11.9 Å². The van der Waals surface area contributed by atoms with Crippen LogP contribution in [0.3, 0.4) is 0 Å². The van der Waals surface area contributed by atoms with Crippen LogP contribution in [-0.2, 0) is 16.0 Å². The van der Waals surface area contributed by atoms with E-state index < -0.39 is 5.97 Å². The molecule has 0 saturated heterocycles. The molecule has 1 aromatic rings. The summed E-state index contributed by atoms with van der Waals surface area (Å²) in [5.74, 6) is -1.03. The molecular formula is C15H21NO4. The molecule has 5 nitrogen and oxygen atoms in total. The van der Waals surface area contributed by atoms with Gasteiger partial charge in [0.25, 0.3) is 0 Å². The minimum absolute atomic E-state index is 0.0679. The van der Waals surface area contributed by atoms with Gasteiger partial charge in [-0.2, -0.15) is 0 Å². The molecule has 110 valence electrons. The first-order valence-electron chi connectivity index (χ1n) is 6.80. The van der Waals surface area contributed by atoms with Gasteiger partial charge in [-0.15, -0.1) is 0 Å². The maximum Gasteiger partial charge on any atom is 0.335 e. The summed E-state index contributed by atoms with van der Waals surface area (Å²) in [5, 5.41) is 11.8. The molecule has 5 heteroatoms. The number of ether oxygens (including phenoxy) is 1. The number of aromatic carboxylic acids is 1. The van der Waals surface area contributed by atoms with E-state index >= 15 is 0 Å². The molecule has 1 rings (SSSR count). The summed E-state index contributed by atoms with van der Waals surface area (Å²) >= 11 is 0. The van der Waals surface area contributed by atoms with E-state index in [2.05, 4.69) is 5.32 Å². The summed E-state index contributed by atoms with van der Waals surface area (Å²) in [6.07, 6.45) is 1.50. The van der Waals surface area contributed by atoms with E-state index in [0.29, 0.717) is 38.2 Å². The molecule has 0 radical (unpaired) electrons. The van der Waals surface area contributed by atoms with Gasteiger partial charge in [-0.05, 0) is 31.4 Å². The standard InChI is InChI=1S/C15H21NO4/c1-2-20-11-5-10-16-14(17)9-8-12-6-3-4-7-13(12)15(18)19/h3-4,6-7H,2,5,8-11H2,1H3,(H,16,17)(H,18,19). The fourth-order valence-electron chi connectivity index (χ4n) is 1.83. The number of carboxylic acid groups (broad SMARTS) is 1. The highest BCUT2D eigenvalue weighted by Crippen LogP contribution is 2.11. The summed E-state index contributed by atoms with van der Waals surface area (Å²) in [6.45, 7) is 3.83. The van der Waals surface area contributed by atoms with E-state index in [1.165, 1.54) is 0 Å². The number of nitrogens with one attached hydrogen (secondary N) is 1. The van der Waals surface area contributed by atoms with E-state index in [4.69, 9.17) is 9.84 Å². The van der Waals surface area contributed by atoms with Gasteiger partial charge in [0.15, 0.2) is 0 Å². The Hall–Kier alpha value is -1.88. The predicted molar refractivity (Wildman–Crippen MR) is 75.8 cm³/mol. The Labute approximate surface area is 118 Å². The maximum absolute atomic E-state index is 11.6. The van der Waals surface area contributed by atoms with Crippen molar-refractivity contribution < 1.29 is 19.4 Å². The monoisotopic (exact) mass is 279 g/mol. The molecule has 0 heterocycles. The van der Waals surface area contributed by atoms with Crippen molar-refractivity contribution in [3.05, 3.63) is 35.4 Å². The molecule has 0 aliphatic heterocycles. The predicted octanol–water partition coefficient (Wildman–Crippen LogP) is 1.86. The van der Waals surface area contributed by atoms with Crippen LogP contribution in [0.4, 0.5) is 0 Å². The number of aryl methyl sites for hydroxylation is 1. The lowest BCUT2D eigenvalue weighted by atomic mass is 10.0. The Morgan fingerprint density at radius 3 is 2.75 bits per heavy atom. The van der Waals surface area contributed by atoms with Crippen LogP contribution in [0.15, 0.2) is 24.3 Å². The van der Waals surface area contributed by atoms with E-state index in [0.717, 1.165) is 6.42 Å². The zero-order valence-electron chi connectivity index (χ0n) is 11.7. The molecule has 0 unspecified atom stereocenters. The maximum atomic E-state index is 11.6. The molecule has 0 fully saturated rings. The summed E-state index contributed by atoms with van der Waals surface area (Å²) < 4.78 is 5.17. The molecule has 20 heavy (non-hydrogen) atoms. The molecular weight excluding hydrogens is 258 g/mol. The highest BCUT2D eigenvalue weighted by Gasteiger charge is 2.10. The van der Waals surface area contributed by atoms with Crippen molar-refractivity contribution in [1.82, 2.24) is 5.32 Å². The third-order valence-corrected chi connectivity index (χ3v) is 2.86. The minimum atomic E-state index is -0.960. The zero-order valence-corrected chi connectivity index (χ0v) is 11.7. The van der Waals surface area contributed by atoms with Crippen LogP contribution in [0, 0.1) is 0 Å². The van der Waals surface area contributed by atoms with Crippen molar-refractivity contribution in [2.45, 2.75) is 26.2 Å². The van der Waals surface area contributed by atoms with E-state index in [1.54, 1.807) is 24.3 Å². The highest BCUT2D eigenvalue weighted by molar-refractivity contribution is 5.89. The van der Waals surface area contributed by atoms with Gasteiger partial charge in [0.2, 0.25) is 5.91 Å². The van der Waals surface area contributed by atoms with E-state index in [9.17, 15) is 9.59 Å². The number of carboxylic acids is 1. The van der Waals surface area contributed by atoms with Crippen molar-refractivity contribution in [2.24, 2.45) is 0 Å². The normalized spacial score (nSPS) is 10.2. The Morgan fingerprint density at radius 2 is 2.05 bits per heavy atom. The second kappa shape index (κ2) is 9.09. The molecule has 0 aliphatic carbocycles. The second-order valence-corrected chi connectivity index (χ2v) is 4.36. The minimum Gasteiger partial charge on any atom is -0.478 e. The lowest BCUT2D eigenvalue weighted by Crippen LogP contribution is -2.25. The molecule has 2 N–H and O–H groups in total. The number of rotatable bonds is 9. The van der Waals surface area contributed by atoms with Crippen LogP contribution in [0.25, 0.3) is 0 Å². The Morgan fingerprint density at radius 1 is 1.30 bits per heavy atom. The average Bonchev–Trinajstić information content (AvgIpc) is 2.45. The fourth-order valence-corrected chi connectivity index (χ4v) is 1.83. The van der Waals surface area contributed by atoms with Crippen molar-refractivity contribution in [1.29, 1.82) is 0 Å². The van der Waals surface area contributed by atoms with Gasteiger partial charge >= 0.3 is 5.97 Å². The van der Waals surface area contributed by atoms with Crippen LogP contribution < -0.4 is 5.32 Å². The Balaban J connectivity index is 2.32. The quantitative estimate of drug-likeness (QED) is 0.677. The second-order valence-electron chi connectivity index (χ2n) is 4.36. The lowest BCUT2D eigenvalue weighted by Gasteiger charge is -2.07. The van der Waals surface area contributed by atoms with Gasteiger partial charge in [0.1, 0.15) is 0 Å². The van der Waals surface area contributed by atoms with Gasteiger partial charge in [0.05, 0.1) is 5.56 Å². The Kier molecular flexibility index (Phi) is 7.35. The average molecular weight is 279 g/mol. The SMILES string of the molecule is CCOCCCNC(=O)CCc1ccccc1C(=O)O. The van der Waals surface area contributed by atoms with Gasteiger partial charge in [0, 0.05) is 26.2 Å². The first-order chi connectivity index (χ1) is 9.65. The largest absolute Gasteiger partial charge is 0.478 e. The molecule has 0 aromatic heterocycles. The lowest BCUT2D eigenvalue weighted by molar-refractivity contribution is -0.121. The zero-order chi connectivity index (χ0) is 14.8. The molecule has 0 spiro atoms. The highest BCUT2D eigenvalue weighted by atomic mass is 16.5. The molecule has 1 aromatic carbocycles. The van der Waals surface area contributed by atoms with E-state index in [1.807, 2.05) is 6.92 Å². The number of carbonyl (C=O) groups excluding carboxylic acids is 1.